The first-order chi connectivity index (χ1) is 12.2. The standard InChI is InChI=1S/C18H22N4O2S/c1-3-4-5-6-9-24-15(23)11-25-18-20-17-16(21-22-18)13-10-12(2)7-8-14(13)19-17/h7-8,10H,3-6,9,11H2,1-2H3,(H,19,20,22). The first kappa shape index (κ1) is 17.7. The largest absolute Gasteiger partial charge is 0.465 e. The van der Waals surface area contributed by atoms with Crippen LogP contribution < -0.4 is 0 Å². The Balaban J connectivity index is 1.59. The van der Waals surface area contributed by atoms with Crippen LogP contribution in [-0.4, -0.2) is 38.5 Å². The van der Waals surface area contributed by atoms with Crippen molar-refractivity contribution in [2.24, 2.45) is 0 Å². The zero-order chi connectivity index (χ0) is 17.6. The second-order valence-corrected chi connectivity index (χ2v) is 6.98. The molecule has 0 amide bonds. The molecular weight excluding hydrogens is 336 g/mol. The van der Waals surface area contributed by atoms with Crippen LogP contribution in [0.4, 0.5) is 0 Å². The molecule has 6 nitrogen and oxygen atoms in total. The van der Waals surface area contributed by atoms with E-state index in [0.29, 0.717) is 17.4 Å². The van der Waals surface area contributed by atoms with Crippen LogP contribution in [-0.2, 0) is 9.53 Å². The topological polar surface area (TPSA) is 80.8 Å². The van der Waals surface area contributed by atoms with Crippen LogP contribution in [0.2, 0.25) is 0 Å². The van der Waals surface area contributed by atoms with Crippen molar-refractivity contribution in [3.8, 4) is 0 Å². The van der Waals surface area contributed by atoms with E-state index in [-0.39, 0.29) is 11.7 Å². The summed E-state index contributed by atoms with van der Waals surface area (Å²) in [5.74, 6) is -0.0437. The van der Waals surface area contributed by atoms with E-state index < -0.39 is 0 Å². The number of aryl methyl sites for hydroxylation is 1. The lowest BCUT2D eigenvalue weighted by Crippen LogP contribution is -2.09. The van der Waals surface area contributed by atoms with Gasteiger partial charge in [-0.15, -0.1) is 10.2 Å². The number of thioether (sulfide) groups is 1. The van der Waals surface area contributed by atoms with E-state index in [1.165, 1.54) is 24.6 Å². The van der Waals surface area contributed by atoms with E-state index in [9.17, 15) is 4.79 Å². The third-order valence-electron chi connectivity index (χ3n) is 3.93. The molecule has 0 spiro atoms. The van der Waals surface area contributed by atoms with Crippen LogP contribution in [0, 0.1) is 6.92 Å². The first-order valence-electron chi connectivity index (χ1n) is 8.58. The van der Waals surface area contributed by atoms with Gasteiger partial charge in [-0.05, 0) is 25.5 Å². The molecule has 1 aromatic carbocycles. The van der Waals surface area contributed by atoms with Crippen molar-refractivity contribution in [2.45, 2.75) is 44.7 Å². The molecule has 3 rings (SSSR count). The number of rotatable bonds is 8. The van der Waals surface area contributed by atoms with Crippen LogP contribution in [0.5, 0.6) is 0 Å². The maximum Gasteiger partial charge on any atom is 0.316 e. The summed E-state index contributed by atoms with van der Waals surface area (Å²) in [4.78, 5) is 19.5. The lowest BCUT2D eigenvalue weighted by atomic mass is 10.2. The number of hydrogen-bond donors (Lipinski definition) is 1. The number of H-pyrrole nitrogens is 1. The minimum absolute atomic E-state index is 0.195. The summed E-state index contributed by atoms with van der Waals surface area (Å²) in [5, 5.41) is 9.88. The quantitative estimate of drug-likeness (QED) is 0.372. The van der Waals surface area contributed by atoms with E-state index in [0.717, 1.165) is 34.8 Å². The van der Waals surface area contributed by atoms with Crippen molar-refractivity contribution in [2.75, 3.05) is 12.4 Å². The van der Waals surface area contributed by atoms with Gasteiger partial charge < -0.3 is 9.72 Å². The van der Waals surface area contributed by atoms with Gasteiger partial charge in [-0.2, -0.15) is 0 Å². The molecular formula is C18H22N4O2S. The summed E-state index contributed by atoms with van der Waals surface area (Å²) < 4.78 is 5.22. The van der Waals surface area contributed by atoms with E-state index in [4.69, 9.17) is 4.74 Å². The van der Waals surface area contributed by atoms with E-state index in [1.54, 1.807) is 0 Å². The highest BCUT2D eigenvalue weighted by molar-refractivity contribution is 7.99. The zero-order valence-corrected chi connectivity index (χ0v) is 15.4. The summed E-state index contributed by atoms with van der Waals surface area (Å²) in [6.45, 7) is 4.68. The fourth-order valence-electron chi connectivity index (χ4n) is 2.61. The highest BCUT2D eigenvalue weighted by Gasteiger charge is 2.11. The minimum Gasteiger partial charge on any atom is -0.465 e. The molecule has 132 valence electrons. The number of aromatic amines is 1. The molecule has 0 aliphatic heterocycles. The van der Waals surface area contributed by atoms with Crippen molar-refractivity contribution >= 4 is 39.8 Å². The Morgan fingerprint density at radius 3 is 2.96 bits per heavy atom. The maximum absolute atomic E-state index is 11.8. The van der Waals surface area contributed by atoms with E-state index in [2.05, 4.69) is 33.2 Å². The molecule has 0 radical (unpaired) electrons. The molecule has 0 fully saturated rings. The molecule has 3 aromatic rings. The summed E-state index contributed by atoms with van der Waals surface area (Å²) in [5.41, 5.74) is 3.58. The smallest absolute Gasteiger partial charge is 0.316 e. The van der Waals surface area contributed by atoms with Crippen molar-refractivity contribution in [3.63, 3.8) is 0 Å². The first-order valence-corrected chi connectivity index (χ1v) is 9.57. The number of benzene rings is 1. The van der Waals surface area contributed by atoms with Crippen LogP contribution in [0.25, 0.3) is 22.1 Å². The molecule has 0 atom stereocenters. The van der Waals surface area contributed by atoms with Gasteiger partial charge in [0.25, 0.3) is 0 Å². The number of hydrogen-bond acceptors (Lipinski definition) is 6. The summed E-state index contributed by atoms with van der Waals surface area (Å²) >= 11 is 1.25. The number of ether oxygens (including phenoxy) is 1. The van der Waals surface area contributed by atoms with Crippen LogP contribution in [0.15, 0.2) is 23.4 Å². The number of aromatic nitrogens is 4. The Morgan fingerprint density at radius 2 is 2.12 bits per heavy atom. The van der Waals surface area contributed by atoms with Crippen molar-refractivity contribution < 1.29 is 9.53 Å². The zero-order valence-electron chi connectivity index (χ0n) is 14.5. The van der Waals surface area contributed by atoms with Gasteiger partial charge >= 0.3 is 5.97 Å². The van der Waals surface area contributed by atoms with Gasteiger partial charge in [0, 0.05) is 10.9 Å². The van der Waals surface area contributed by atoms with Gasteiger partial charge in [0.05, 0.1) is 12.4 Å². The molecule has 0 aliphatic carbocycles. The number of esters is 1. The molecule has 1 N–H and O–H groups in total. The highest BCUT2D eigenvalue weighted by atomic mass is 32.2. The van der Waals surface area contributed by atoms with Gasteiger partial charge in [0.1, 0.15) is 5.52 Å². The molecule has 2 aromatic heterocycles. The Morgan fingerprint density at radius 1 is 1.24 bits per heavy atom. The van der Waals surface area contributed by atoms with E-state index >= 15 is 0 Å². The monoisotopic (exact) mass is 358 g/mol. The second kappa shape index (κ2) is 8.29. The Bertz CT molecular complexity index is 878. The fraction of sp³-hybridized carbons (Fsp3) is 0.444. The Kier molecular flexibility index (Phi) is 5.86. The highest BCUT2D eigenvalue weighted by Crippen LogP contribution is 2.24. The molecule has 2 heterocycles. The second-order valence-electron chi connectivity index (χ2n) is 6.04. The maximum atomic E-state index is 11.8. The average molecular weight is 358 g/mol. The molecule has 0 aliphatic rings. The molecule has 0 bridgehead atoms. The molecule has 25 heavy (non-hydrogen) atoms. The normalized spacial score (nSPS) is 11.3. The summed E-state index contributed by atoms with van der Waals surface area (Å²) in [6, 6.07) is 6.11. The Hall–Kier alpha value is -2.15. The average Bonchev–Trinajstić information content (AvgIpc) is 2.97. The number of fused-ring (bicyclic) bond motifs is 3. The number of carbonyl (C=O) groups is 1. The van der Waals surface area contributed by atoms with Gasteiger partial charge in [-0.3, -0.25) is 4.79 Å². The van der Waals surface area contributed by atoms with Crippen LogP contribution in [0.1, 0.15) is 38.2 Å². The molecule has 0 unspecified atom stereocenters. The van der Waals surface area contributed by atoms with Gasteiger partial charge in [-0.1, -0.05) is 49.6 Å². The number of nitrogens with zero attached hydrogens (tertiary/aromatic N) is 3. The van der Waals surface area contributed by atoms with Crippen molar-refractivity contribution in [3.05, 3.63) is 23.8 Å². The van der Waals surface area contributed by atoms with Gasteiger partial charge in [0.15, 0.2) is 5.65 Å². The van der Waals surface area contributed by atoms with Crippen molar-refractivity contribution in [1.29, 1.82) is 0 Å². The Labute approximate surface area is 150 Å². The minimum atomic E-state index is -0.238. The predicted molar refractivity (Wildman–Crippen MR) is 99.8 cm³/mol. The third-order valence-corrected chi connectivity index (χ3v) is 4.74. The van der Waals surface area contributed by atoms with Gasteiger partial charge in [0.2, 0.25) is 5.16 Å². The molecule has 0 saturated heterocycles. The predicted octanol–water partition coefficient (Wildman–Crippen LogP) is 4.03. The molecule has 0 saturated carbocycles. The third kappa shape index (κ3) is 4.48. The molecule has 7 heteroatoms. The van der Waals surface area contributed by atoms with E-state index in [1.807, 2.05) is 19.1 Å². The lowest BCUT2D eigenvalue weighted by molar-refractivity contribution is -0.140. The van der Waals surface area contributed by atoms with Crippen LogP contribution >= 0.6 is 11.8 Å². The van der Waals surface area contributed by atoms with Gasteiger partial charge in [-0.25, -0.2) is 4.98 Å². The fourth-order valence-corrected chi connectivity index (χ4v) is 3.20. The van der Waals surface area contributed by atoms with Crippen molar-refractivity contribution in [1.82, 2.24) is 20.2 Å². The number of nitrogens with one attached hydrogen (secondary N) is 1. The number of unbranched alkanes of at least 4 members (excludes halogenated alkanes) is 3. The van der Waals surface area contributed by atoms with Crippen LogP contribution in [0.3, 0.4) is 0 Å². The number of carbonyl (C=O) groups excluding carboxylic acids is 1. The lowest BCUT2D eigenvalue weighted by Gasteiger charge is -2.03. The SMILES string of the molecule is CCCCCCOC(=O)CSc1nnc2c(n1)[nH]c1ccc(C)cc12. The summed E-state index contributed by atoms with van der Waals surface area (Å²) in [7, 11) is 0. The summed E-state index contributed by atoms with van der Waals surface area (Å²) in [6.07, 6.45) is 4.36.